The molecule has 17 heavy (non-hydrogen) atoms. The molecule has 2 rings (SSSR count). The summed E-state index contributed by atoms with van der Waals surface area (Å²) in [7, 11) is 0. The molecule has 1 saturated heterocycles. The molecule has 0 aromatic heterocycles. The predicted octanol–water partition coefficient (Wildman–Crippen LogP) is 2.21. The first kappa shape index (κ1) is 12.4. The van der Waals surface area contributed by atoms with E-state index in [-0.39, 0.29) is 11.9 Å². The van der Waals surface area contributed by atoms with Gasteiger partial charge in [0, 0.05) is 29.7 Å². The van der Waals surface area contributed by atoms with Gasteiger partial charge < -0.3 is 10.6 Å². The summed E-state index contributed by atoms with van der Waals surface area (Å²) in [5.41, 5.74) is 7.34. The van der Waals surface area contributed by atoms with Gasteiger partial charge in [0.15, 0.2) is 0 Å². The summed E-state index contributed by atoms with van der Waals surface area (Å²) in [6, 6.07) is 5.57. The third-order valence-corrected chi connectivity index (χ3v) is 3.56. The molecule has 0 bridgehead atoms. The van der Waals surface area contributed by atoms with Crippen molar-refractivity contribution >= 4 is 17.5 Å². The summed E-state index contributed by atoms with van der Waals surface area (Å²) < 4.78 is 0. The van der Waals surface area contributed by atoms with Crippen LogP contribution in [0.1, 0.15) is 28.8 Å². The third-order valence-electron chi connectivity index (χ3n) is 3.33. The van der Waals surface area contributed by atoms with Crippen LogP contribution in [0.4, 0.5) is 0 Å². The van der Waals surface area contributed by atoms with E-state index in [0.717, 1.165) is 30.5 Å². The highest BCUT2D eigenvalue weighted by Crippen LogP contribution is 2.22. The molecule has 1 atom stereocenters. The molecule has 1 unspecified atom stereocenters. The van der Waals surface area contributed by atoms with Crippen LogP contribution >= 0.6 is 11.6 Å². The Labute approximate surface area is 107 Å². The van der Waals surface area contributed by atoms with Crippen LogP contribution in [0, 0.1) is 6.92 Å². The SMILES string of the molecule is Cc1cc(Cl)ccc1C(=O)N1CCCC1CN. The zero-order valence-corrected chi connectivity index (χ0v) is 10.7. The first-order valence-electron chi connectivity index (χ1n) is 5.90. The molecule has 0 radical (unpaired) electrons. The average molecular weight is 253 g/mol. The van der Waals surface area contributed by atoms with Crippen molar-refractivity contribution in [1.82, 2.24) is 4.90 Å². The normalized spacial score (nSPS) is 19.7. The molecule has 92 valence electrons. The average Bonchev–Trinajstić information content (AvgIpc) is 2.76. The number of benzene rings is 1. The van der Waals surface area contributed by atoms with Crippen molar-refractivity contribution in [3.8, 4) is 0 Å². The second-order valence-electron chi connectivity index (χ2n) is 4.49. The minimum atomic E-state index is 0.0760. The van der Waals surface area contributed by atoms with Gasteiger partial charge in [0.25, 0.3) is 5.91 Å². The van der Waals surface area contributed by atoms with E-state index in [1.54, 1.807) is 12.1 Å². The summed E-state index contributed by atoms with van der Waals surface area (Å²) in [5, 5.41) is 0.663. The Balaban J connectivity index is 2.24. The molecule has 1 fully saturated rings. The number of amides is 1. The Kier molecular flexibility index (Phi) is 3.69. The molecular weight excluding hydrogens is 236 g/mol. The van der Waals surface area contributed by atoms with Gasteiger partial charge in [0.05, 0.1) is 0 Å². The third kappa shape index (κ3) is 2.45. The van der Waals surface area contributed by atoms with Gasteiger partial charge in [-0.15, -0.1) is 0 Å². The van der Waals surface area contributed by atoms with E-state index >= 15 is 0 Å². The Bertz CT molecular complexity index is 433. The first-order valence-corrected chi connectivity index (χ1v) is 6.28. The zero-order valence-electron chi connectivity index (χ0n) is 9.95. The van der Waals surface area contributed by atoms with Crippen molar-refractivity contribution in [3.63, 3.8) is 0 Å². The number of hydrogen-bond donors (Lipinski definition) is 1. The van der Waals surface area contributed by atoms with Crippen LogP contribution in [0.2, 0.25) is 5.02 Å². The number of hydrogen-bond acceptors (Lipinski definition) is 2. The minimum Gasteiger partial charge on any atom is -0.334 e. The number of rotatable bonds is 2. The van der Waals surface area contributed by atoms with E-state index in [1.807, 2.05) is 17.9 Å². The van der Waals surface area contributed by atoms with Crippen molar-refractivity contribution in [2.45, 2.75) is 25.8 Å². The fourth-order valence-corrected chi connectivity index (χ4v) is 2.60. The van der Waals surface area contributed by atoms with Crippen LogP contribution in [0.15, 0.2) is 18.2 Å². The predicted molar refractivity (Wildman–Crippen MR) is 69.3 cm³/mol. The topological polar surface area (TPSA) is 46.3 Å². The fourth-order valence-electron chi connectivity index (χ4n) is 2.37. The van der Waals surface area contributed by atoms with Crippen LogP contribution < -0.4 is 5.73 Å². The van der Waals surface area contributed by atoms with Crippen molar-refractivity contribution in [1.29, 1.82) is 0 Å². The lowest BCUT2D eigenvalue weighted by atomic mass is 10.1. The second kappa shape index (κ2) is 5.07. The van der Waals surface area contributed by atoms with Gasteiger partial charge in [-0.25, -0.2) is 0 Å². The van der Waals surface area contributed by atoms with E-state index in [0.29, 0.717) is 11.6 Å². The zero-order chi connectivity index (χ0) is 12.4. The van der Waals surface area contributed by atoms with Crippen molar-refractivity contribution < 1.29 is 4.79 Å². The smallest absolute Gasteiger partial charge is 0.254 e. The van der Waals surface area contributed by atoms with Gasteiger partial charge in [-0.05, 0) is 43.5 Å². The van der Waals surface area contributed by atoms with Crippen LogP contribution in [0.5, 0.6) is 0 Å². The molecule has 0 saturated carbocycles. The van der Waals surface area contributed by atoms with Crippen LogP contribution in [0.3, 0.4) is 0 Å². The van der Waals surface area contributed by atoms with Gasteiger partial charge in [0.1, 0.15) is 0 Å². The highest BCUT2D eigenvalue weighted by Gasteiger charge is 2.28. The fraction of sp³-hybridized carbons (Fsp3) is 0.462. The van der Waals surface area contributed by atoms with Gasteiger partial charge in [-0.2, -0.15) is 0 Å². The molecule has 1 aromatic carbocycles. The van der Waals surface area contributed by atoms with Gasteiger partial charge in [-0.1, -0.05) is 11.6 Å². The maximum atomic E-state index is 12.4. The monoisotopic (exact) mass is 252 g/mol. The molecule has 1 aliphatic rings. The minimum absolute atomic E-state index is 0.0760. The Hall–Kier alpha value is -1.06. The number of aryl methyl sites for hydroxylation is 1. The first-order chi connectivity index (χ1) is 8.13. The maximum absolute atomic E-state index is 12.4. The summed E-state index contributed by atoms with van der Waals surface area (Å²) >= 11 is 5.89. The number of likely N-dealkylation sites (tertiary alicyclic amines) is 1. The lowest BCUT2D eigenvalue weighted by Gasteiger charge is -2.24. The largest absolute Gasteiger partial charge is 0.334 e. The highest BCUT2D eigenvalue weighted by molar-refractivity contribution is 6.30. The number of carbonyl (C=O) groups excluding carboxylic acids is 1. The molecule has 1 heterocycles. The Morgan fingerprint density at radius 1 is 1.59 bits per heavy atom. The van der Waals surface area contributed by atoms with Crippen molar-refractivity contribution in [2.75, 3.05) is 13.1 Å². The molecule has 1 aromatic rings. The molecule has 1 aliphatic heterocycles. The van der Waals surface area contributed by atoms with Crippen LogP contribution in [-0.2, 0) is 0 Å². The number of halogens is 1. The van der Waals surface area contributed by atoms with Gasteiger partial charge in [0.2, 0.25) is 0 Å². The molecular formula is C13H17ClN2O. The molecule has 3 nitrogen and oxygen atoms in total. The number of carbonyl (C=O) groups is 1. The van der Waals surface area contributed by atoms with E-state index in [4.69, 9.17) is 17.3 Å². The quantitative estimate of drug-likeness (QED) is 0.877. The molecule has 1 amide bonds. The highest BCUT2D eigenvalue weighted by atomic mass is 35.5. The van der Waals surface area contributed by atoms with Crippen molar-refractivity contribution in [3.05, 3.63) is 34.3 Å². The number of nitrogens with zero attached hydrogens (tertiary/aromatic N) is 1. The number of nitrogens with two attached hydrogens (primary N) is 1. The molecule has 2 N–H and O–H groups in total. The van der Waals surface area contributed by atoms with Gasteiger partial charge >= 0.3 is 0 Å². The molecule has 0 spiro atoms. The summed E-state index contributed by atoms with van der Waals surface area (Å²) in [6.45, 7) is 3.26. The van der Waals surface area contributed by atoms with E-state index < -0.39 is 0 Å². The standard InChI is InChI=1S/C13H17ClN2O/c1-9-7-10(14)4-5-12(9)13(17)16-6-2-3-11(16)8-15/h4-5,7,11H,2-3,6,8,15H2,1H3. The molecule has 4 heteroatoms. The lowest BCUT2D eigenvalue weighted by Crippen LogP contribution is -2.40. The lowest BCUT2D eigenvalue weighted by molar-refractivity contribution is 0.0740. The maximum Gasteiger partial charge on any atom is 0.254 e. The summed E-state index contributed by atoms with van der Waals surface area (Å²) in [5.74, 6) is 0.0760. The van der Waals surface area contributed by atoms with E-state index in [1.165, 1.54) is 0 Å². The summed E-state index contributed by atoms with van der Waals surface area (Å²) in [6.07, 6.45) is 2.05. The summed E-state index contributed by atoms with van der Waals surface area (Å²) in [4.78, 5) is 14.3. The molecule has 0 aliphatic carbocycles. The Morgan fingerprint density at radius 2 is 2.35 bits per heavy atom. The van der Waals surface area contributed by atoms with E-state index in [2.05, 4.69) is 0 Å². The van der Waals surface area contributed by atoms with Crippen LogP contribution in [-0.4, -0.2) is 29.9 Å². The Morgan fingerprint density at radius 3 is 3.00 bits per heavy atom. The second-order valence-corrected chi connectivity index (χ2v) is 4.93. The van der Waals surface area contributed by atoms with Gasteiger partial charge in [-0.3, -0.25) is 4.79 Å². The van der Waals surface area contributed by atoms with Crippen molar-refractivity contribution in [2.24, 2.45) is 5.73 Å². The van der Waals surface area contributed by atoms with E-state index in [9.17, 15) is 4.79 Å². The van der Waals surface area contributed by atoms with Crippen LogP contribution in [0.25, 0.3) is 0 Å².